The molecule has 0 amide bonds. The summed E-state index contributed by atoms with van der Waals surface area (Å²) in [5.74, 6) is 0.405. The van der Waals surface area contributed by atoms with E-state index < -0.39 is 0 Å². The lowest BCUT2D eigenvalue weighted by Gasteiger charge is -2.00. The largest absolute Gasteiger partial charge is 0.360 e. The highest BCUT2D eigenvalue weighted by Crippen LogP contribution is 2.16. The molecule has 0 aromatic heterocycles. The molecular formula is C4H2N3O. The Labute approximate surface area is 45.5 Å². The van der Waals surface area contributed by atoms with E-state index in [-0.39, 0.29) is 0 Å². The van der Waals surface area contributed by atoms with Crippen molar-refractivity contribution >= 4 is 0 Å². The third kappa shape index (κ3) is 0.339. The number of azo groups is 1. The number of hydrogen-bond acceptors (Lipinski definition) is 4. The number of hydrogen-bond donors (Lipinski definition) is 1. The van der Waals surface area contributed by atoms with Crippen LogP contribution in [0.3, 0.4) is 0 Å². The zero-order valence-electron chi connectivity index (χ0n) is 3.88. The molecule has 2 heterocycles. The van der Waals surface area contributed by atoms with Crippen molar-refractivity contribution in [3.8, 4) is 0 Å². The molecule has 4 heteroatoms. The summed E-state index contributed by atoms with van der Waals surface area (Å²) in [5.41, 5.74) is 3.18. The van der Waals surface area contributed by atoms with Gasteiger partial charge in [-0.1, -0.05) is 0 Å². The van der Waals surface area contributed by atoms with E-state index in [1.54, 1.807) is 6.20 Å². The van der Waals surface area contributed by atoms with Crippen molar-refractivity contribution in [3.63, 3.8) is 0 Å². The summed E-state index contributed by atoms with van der Waals surface area (Å²) in [5, 5.41) is 7.22. The van der Waals surface area contributed by atoms with Crippen molar-refractivity contribution in [1.82, 2.24) is 5.48 Å². The van der Waals surface area contributed by atoms with E-state index in [0.29, 0.717) is 11.6 Å². The van der Waals surface area contributed by atoms with Gasteiger partial charge in [0.05, 0.1) is 12.3 Å². The van der Waals surface area contributed by atoms with Crippen molar-refractivity contribution in [2.24, 2.45) is 10.2 Å². The Balaban J connectivity index is 2.49. The molecule has 2 rings (SSSR count). The highest BCUT2D eigenvalue weighted by atomic mass is 16.7. The molecule has 0 saturated carbocycles. The Morgan fingerprint density at radius 1 is 1.62 bits per heavy atom. The quantitative estimate of drug-likeness (QED) is 0.490. The first-order valence-electron chi connectivity index (χ1n) is 2.13. The molecule has 8 heavy (non-hydrogen) atoms. The van der Waals surface area contributed by atoms with E-state index in [4.69, 9.17) is 0 Å². The van der Waals surface area contributed by atoms with E-state index in [9.17, 15) is 0 Å². The van der Waals surface area contributed by atoms with Crippen molar-refractivity contribution in [2.45, 2.75) is 0 Å². The van der Waals surface area contributed by atoms with Crippen molar-refractivity contribution in [3.05, 3.63) is 23.9 Å². The van der Waals surface area contributed by atoms with Crippen LogP contribution in [0.25, 0.3) is 0 Å². The summed E-state index contributed by atoms with van der Waals surface area (Å²) >= 11 is 0. The predicted octanol–water partition coefficient (Wildman–Crippen LogP) is 0.473. The number of nitrogens with one attached hydrogen (secondary N) is 1. The maximum Gasteiger partial charge on any atom is 0.275 e. The average Bonchev–Trinajstić information content (AvgIpc) is 2.12. The Morgan fingerprint density at radius 3 is 3.38 bits per heavy atom. The van der Waals surface area contributed by atoms with Crippen LogP contribution in [-0.4, -0.2) is 0 Å². The van der Waals surface area contributed by atoms with Crippen molar-refractivity contribution in [2.75, 3.05) is 0 Å². The van der Waals surface area contributed by atoms with Gasteiger partial charge in [0.25, 0.3) is 5.88 Å². The fraction of sp³-hybridized carbons (Fsp3) is 0. The zero-order valence-corrected chi connectivity index (χ0v) is 3.88. The van der Waals surface area contributed by atoms with Gasteiger partial charge in [0.2, 0.25) is 0 Å². The second kappa shape index (κ2) is 1.09. The van der Waals surface area contributed by atoms with Gasteiger partial charge in [-0.2, -0.15) is 0 Å². The lowest BCUT2D eigenvalue weighted by molar-refractivity contribution is 0.136. The molecule has 0 spiro atoms. The molecule has 0 aromatic carbocycles. The number of fused-ring (bicyclic) bond motifs is 1. The summed E-state index contributed by atoms with van der Waals surface area (Å²) < 4.78 is 0. The molecule has 1 radical (unpaired) electrons. The number of allylic oxidation sites excluding steroid dienone is 1. The SMILES string of the molecule is [C]1=C2N=NC1=CNO2. The summed E-state index contributed by atoms with van der Waals surface area (Å²) in [4.78, 5) is 4.69. The second-order valence-electron chi connectivity index (χ2n) is 1.38. The predicted molar refractivity (Wildman–Crippen MR) is 23.9 cm³/mol. The molecule has 0 atom stereocenters. The van der Waals surface area contributed by atoms with Crippen LogP contribution in [0, 0.1) is 6.08 Å². The summed E-state index contributed by atoms with van der Waals surface area (Å²) in [7, 11) is 0. The fourth-order valence-electron chi connectivity index (χ4n) is 0.511. The van der Waals surface area contributed by atoms with E-state index in [1.807, 2.05) is 0 Å². The smallest absolute Gasteiger partial charge is 0.275 e. The average molecular weight is 108 g/mol. The first-order valence-corrected chi connectivity index (χ1v) is 2.13. The van der Waals surface area contributed by atoms with E-state index in [1.165, 1.54) is 0 Å². The monoisotopic (exact) mass is 108 g/mol. The second-order valence-corrected chi connectivity index (χ2v) is 1.38. The topological polar surface area (TPSA) is 46.0 Å². The fourth-order valence-corrected chi connectivity index (χ4v) is 0.511. The molecule has 0 unspecified atom stereocenters. The van der Waals surface area contributed by atoms with Crippen LogP contribution < -0.4 is 5.48 Å². The minimum Gasteiger partial charge on any atom is -0.360 e. The van der Waals surface area contributed by atoms with Crippen LogP contribution >= 0.6 is 0 Å². The highest BCUT2D eigenvalue weighted by molar-refractivity contribution is 5.17. The minimum absolute atomic E-state index is 0.405. The van der Waals surface area contributed by atoms with Gasteiger partial charge in [-0.05, 0) is 0 Å². The Morgan fingerprint density at radius 2 is 2.62 bits per heavy atom. The van der Waals surface area contributed by atoms with Crippen LogP contribution in [-0.2, 0) is 4.84 Å². The molecule has 0 fully saturated rings. The minimum atomic E-state index is 0.405. The van der Waals surface area contributed by atoms with Crippen LogP contribution in [0.5, 0.6) is 0 Å². The van der Waals surface area contributed by atoms with Gasteiger partial charge in [-0.15, -0.1) is 10.2 Å². The number of nitrogens with zero attached hydrogens (tertiary/aromatic N) is 2. The van der Waals surface area contributed by atoms with Crippen molar-refractivity contribution < 1.29 is 4.84 Å². The number of hydroxylamine groups is 1. The van der Waals surface area contributed by atoms with Crippen LogP contribution in [0.2, 0.25) is 0 Å². The van der Waals surface area contributed by atoms with Gasteiger partial charge >= 0.3 is 0 Å². The Bertz CT molecular complexity index is 203. The summed E-state index contributed by atoms with van der Waals surface area (Å²) in [6.45, 7) is 0. The molecule has 0 aliphatic carbocycles. The standard InChI is InChI=1S/C4H2N3O/c1-3-2-5-8-4(1)7-6-3/h2,5H. The van der Waals surface area contributed by atoms with E-state index in [2.05, 4.69) is 26.6 Å². The van der Waals surface area contributed by atoms with Crippen LogP contribution in [0.15, 0.2) is 28.0 Å². The molecule has 2 bridgehead atoms. The maximum absolute atomic E-state index is 4.69. The van der Waals surface area contributed by atoms with E-state index in [0.717, 1.165) is 0 Å². The van der Waals surface area contributed by atoms with Gasteiger partial charge in [0.1, 0.15) is 5.70 Å². The zero-order chi connectivity index (χ0) is 5.40. The van der Waals surface area contributed by atoms with Gasteiger partial charge < -0.3 is 4.84 Å². The lowest BCUT2D eigenvalue weighted by Crippen LogP contribution is -2.07. The summed E-state index contributed by atoms with van der Waals surface area (Å²) in [6.07, 6.45) is 4.33. The summed E-state index contributed by atoms with van der Waals surface area (Å²) in [6, 6.07) is 0. The third-order valence-corrected chi connectivity index (χ3v) is 0.835. The molecular weight excluding hydrogens is 106 g/mol. The third-order valence-electron chi connectivity index (χ3n) is 0.835. The van der Waals surface area contributed by atoms with Gasteiger partial charge in [0.15, 0.2) is 0 Å². The first kappa shape index (κ1) is 3.65. The first-order chi connectivity index (χ1) is 3.95. The van der Waals surface area contributed by atoms with Crippen LogP contribution in [0.1, 0.15) is 0 Å². The lowest BCUT2D eigenvalue weighted by atomic mass is 10.4. The van der Waals surface area contributed by atoms with Gasteiger partial charge in [0, 0.05) is 0 Å². The van der Waals surface area contributed by atoms with Crippen LogP contribution in [0.4, 0.5) is 0 Å². The van der Waals surface area contributed by atoms with Gasteiger partial charge in [-0.25, -0.2) is 5.48 Å². The molecule has 0 aromatic rings. The Kier molecular flexibility index (Phi) is 0.498. The molecule has 1 N–H and O–H groups in total. The maximum atomic E-state index is 4.69. The molecule has 0 saturated heterocycles. The molecule has 2 aliphatic rings. The van der Waals surface area contributed by atoms with Gasteiger partial charge in [-0.3, -0.25) is 0 Å². The normalized spacial score (nSPS) is 21.0. The Hall–Kier alpha value is -1.32. The number of rotatable bonds is 0. The molecule has 39 valence electrons. The van der Waals surface area contributed by atoms with Crippen molar-refractivity contribution in [1.29, 1.82) is 0 Å². The molecule has 4 nitrogen and oxygen atoms in total. The molecule has 2 aliphatic heterocycles. The van der Waals surface area contributed by atoms with E-state index >= 15 is 0 Å². The highest BCUT2D eigenvalue weighted by Gasteiger charge is 2.11.